The van der Waals surface area contributed by atoms with Gasteiger partial charge in [-0.25, -0.2) is 0 Å². The first-order chi connectivity index (χ1) is 9.95. The first kappa shape index (κ1) is 17.2. The number of piperidine rings is 1. The topological polar surface area (TPSA) is 24.5 Å². The van der Waals surface area contributed by atoms with Gasteiger partial charge in [0, 0.05) is 25.7 Å². The van der Waals surface area contributed by atoms with Gasteiger partial charge < -0.3 is 10.1 Å². The maximum absolute atomic E-state index is 5.64. The lowest BCUT2D eigenvalue weighted by atomic mass is 9.69. The number of rotatable bonds is 4. The molecular weight excluding hydrogens is 260 g/mol. The molecule has 1 heterocycles. The summed E-state index contributed by atoms with van der Waals surface area (Å²) in [6, 6.07) is 1.37. The zero-order valence-electron chi connectivity index (χ0n) is 14.8. The second-order valence-electron chi connectivity index (χ2n) is 8.10. The molecule has 21 heavy (non-hydrogen) atoms. The number of nitrogens with one attached hydrogen (secondary N) is 1. The molecule has 0 radical (unpaired) electrons. The largest absolute Gasteiger partial charge is 0.380 e. The monoisotopic (exact) mass is 296 g/mol. The van der Waals surface area contributed by atoms with E-state index in [0.29, 0.717) is 23.6 Å². The van der Waals surface area contributed by atoms with E-state index in [2.05, 4.69) is 37.9 Å². The Bertz CT molecular complexity index is 313. The minimum atomic E-state index is 0.436. The molecule has 2 rings (SSSR count). The average molecular weight is 296 g/mol. The summed E-state index contributed by atoms with van der Waals surface area (Å²) in [6.07, 6.45) is 7.00. The van der Waals surface area contributed by atoms with Gasteiger partial charge in [0.15, 0.2) is 0 Å². The van der Waals surface area contributed by atoms with E-state index in [1.54, 1.807) is 0 Å². The summed E-state index contributed by atoms with van der Waals surface area (Å²) in [5, 5.41) is 3.75. The normalized spacial score (nSPS) is 35.9. The van der Waals surface area contributed by atoms with Crippen molar-refractivity contribution in [3.05, 3.63) is 0 Å². The van der Waals surface area contributed by atoms with Crippen LogP contribution < -0.4 is 5.32 Å². The van der Waals surface area contributed by atoms with Gasteiger partial charge in [0.1, 0.15) is 0 Å². The summed E-state index contributed by atoms with van der Waals surface area (Å²) in [4.78, 5) is 2.73. The highest BCUT2D eigenvalue weighted by molar-refractivity contribution is 4.95. The molecule has 4 unspecified atom stereocenters. The smallest absolute Gasteiger partial charge is 0.0698 e. The molecule has 0 bridgehead atoms. The van der Waals surface area contributed by atoms with E-state index in [1.165, 1.54) is 38.6 Å². The molecular formula is C18H36N2O. The van der Waals surface area contributed by atoms with Gasteiger partial charge in [-0.05, 0) is 56.5 Å². The Morgan fingerprint density at radius 2 is 1.95 bits per heavy atom. The highest BCUT2D eigenvalue weighted by atomic mass is 16.5. The minimum Gasteiger partial charge on any atom is -0.380 e. The van der Waals surface area contributed by atoms with Gasteiger partial charge in [0.05, 0.1) is 6.10 Å². The van der Waals surface area contributed by atoms with E-state index < -0.39 is 0 Å². The van der Waals surface area contributed by atoms with Crippen molar-refractivity contribution >= 4 is 0 Å². The predicted molar refractivity (Wildman–Crippen MR) is 89.7 cm³/mol. The molecule has 0 spiro atoms. The fraction of sp³-hybridized carbons (Fsp3) is 1.00. The van der Waals surface area contributed by atoms with Crippen LogP contribution in [0.5, 0.6) is 0 Å². The Hall–Kier alpha value is -0.120. The van der Waals surface area contributed by atoms with Crippen molar-refractivity contribution in [1.82, 2.24) is 10.2 Å². The molecule has 0 aromatic rings. The molecule has 0 aromatic heterocycles. The van der Waals surface area contributed by atoms with Crippen molar-refractivity contribution in [2.45, 2.75) is 78.0 Å². The van der Waals surface area contributed by atoms with Gasteiger partial charge in [0.25, 0.3) is 0 Å². The highest BCUT2D eigenvalue weighted by Crippen LogP contribution is 2.40. The summed E-state index contributed by atoms with van der Waals surface area (Å²) in [5.74, 6) is 0.848. The van der Waals surface area contributed by atoms with E-state index in [1.807, 2.05) is 7.11 Å². The van der Waals surface area contributed by atoms with Crippen LogP contribution in [0.15, 0.2) is 0 Å². The molecule has 1 N–H and O–H groups in total. The minimum absolute atomic E-state index is 0.436. The van der Waals surface area contributed by atoms with Crippen LogP contribution in [-0.4, -0.2) is 49.8 Å². The van der Waals surface area contributed by atoms with Gasteiger partial charge >= 0.3 is 0 Å². The number of ether oxygens (including phenoxy) is 1. The highest BCUT2D eigenvalue weighted by Gasteiger charge is 2.39. The van der Waals surface area contributed by atoms with Crippen LogP contribution in [-0.2, 0) is 4.74 Å². The van der Waals surface area contributed by atoms with Crippen molar-refractivity contribution in [3.63, 3.8) is 0 Å². The molecule has 1 aliphatic heterocycles. The molecule has 2 fully saturated rings. The van der Waals surface area contributed by atoms with E-state index in [-0.39, 0.29) is 0 Å². The molecule has 2 aliphatic rings. The molecule has 1 saturated heterocycles. The zero-order valence-corrected chi connectivity index (χ0v) is 14.8. The molecule has 4 atom stereocenters. The van der Waals surface area contributed by atoms with E-state index in [9.17, 15) is 0 Å². The molecule has 0 aromatic carbocycles. The lowest BCUT2D eigenvalue weighted by molar-refractivity contribution is -0.0144. The summed E-state index contributed by atoms with van der Waals surface area (Å²) in [6.45, 7) is 12.9. The lowest BCUT2D eigenvalue weighted by Crippen LogP contribution is -2.57. The van der Waals surface area contributed by atoms with Crippen LogP contribution >= 0.6 is 0 Å². The maximum Gasteiger partial charge on any atom is 0.0698 e. The molecule has 1 aliphatic carbocycles. The van der Waals surface area contributed by atoms with Crippen LogP contribution in [0.2, 0.25) is 0 Å². The fourth-order valence-corrected chi connectivity index (χ4v) is 4.30. The van der Waals surface area contributed by atoms with Crippen molar-refractivity contribution in [1.29, 1.82) is 0 Å². The van der Waals surface area contributed by atoms with Gasteiger partial charge in [-0.15, -0.1) is 0 Å². The molecule has 3 heteroatoms. The number of methoxy groups -OCH3 is 1. The molecule has 124 valence electrons. The Balaban J connectivity index is 2.06. The number of likely N-dealkylation sites (tertiary alicyclic amines) is 1. The summed E-state index contributed by atoms with van der Waals surface area (Å²) >= 11 is 0. The third-order valence-corrected chi connectivity index (χ3v) is 5.72. The second-order valence-corrected chi connectivity index (χ2v) is 8.10. The maximum atomic E-state index is 5.64. The SMILES string of the molecule is CCNC1CCC(C(C)(C)C)CC1N1CCCC(OC)C1. The third-order valence-electron chi connectivity index (χ3n) is 5.72. The average Bonchev–Trinajstić information content (AvgIpc) is 2.47. The Morgan fingerprint density at radius 1 is 1.19 bits per heavy atom. The number of hydrogen-bond acceptors (Lipinski definition) is 3. The number of hydrogen-bond donors (Lipinski definition) is 1. The van der Waals surface area contributed by atoms with E-state index >= 15 is 0 Å². The fourth-order valence-electron chi connectivity index (χ4n) is 4.30. The molecule has 0 amide bonds. The Kier molecular flexibility index (Phi) is 6.10. The summed E-state index contributed by atoms with van der Waals surface area (Å²) in [5.41, 5.74) is 0.436. The molecule has 1 saturated carbocycles. The Labute approximate surface area is 131 Å². The van der Waals surface area contributed by atoms with E-state index in [0.717, 1.165) is 19.0 Å². The van der Waals surface area contributed by atoms with Crippen molar-refractivity contribution in [2.75, 3.05) is 26.7 Å². The van der Waals surface area contributed by atoms with E-state index in [4.69, 9.17) is 4.74 Å². The molecule has 3 nitrogen and oxygen atoms in total. The first-order valence-electron chi connectivity index (χ1n) is 8.96. The lowest BCUT2D eigenvalue weighted by Gasteiger charge is -2.48. The van der Waals surface area contributed by atoms with Crippen LogP contribution in [0.25, 0.3) is 0 Å². The third kappa shape index (κ3) is 4.43. The van der Waals surface area contributed by atoms with Crippen LogP contribution in [0.1, 0.15) is 59.8 Å². The predicted octanol–water partition coefficient (Wildman–Crippen LogP) is 3.29. The zero-order chi connectivity index (χ0) is 15.5. The van der Waals surface area contributed by atoms with Gasteiger partial charge in [0.2, 0.25) is 0 Å². The van der Waals surface area contributed by atoms with Crippen molar-refractivity contribution in [2.24, 2.45) is 11.3 Å². The van der Waals surface area contributed by atoms with Gasteiger partial charge in [-0.1, -0.05) is 27.7 Å². The van der Waals surface area contributed by atoms with Gasteiger partial charge in [-0.3, -0.25) is 4.90 Å². The second kappa shape index (κ2) is 7.43. The van der Waals surface area contributed by atoms with Gasteiger partial charge in [-0.2, -0.15) is 0 Å². The summed E-state index contributed by atoms with van der Waals surface area (Å²) < 4.78 is 5.64. The van der Waals surface area contributed by atoms with Crippen molar-refractivity contribution < 1.29 is 4.74 Å². The quantitative estimate of drug-likeness (QED) is 0.861. The van der Waals surface area contributed by atoms with Crippen molar-refractivity contribution in [3.8, 4) is 0 Å². The standard InChI is InChI=1S/C18H36N2O/c1-6-19-16-10-9-14(18(2,3)4)12-17(16)20-11-7-8-15(13-20)21-5/h14-17,19H,6-13H2,1-5H3. The summed E-state index contributed by atoms with van der Waals surface area (Å²) in [7, 11) is 1.87. The number of nitrogens with zero attached hydrogens (tertiary/aromatic N) is 1. The van der Waals surface area contributed by atoms with Crippen LogP contribution in [0, 0.1) is 11.3 Å². The van der Waals surface area contributed by atoms with Crippen LogP contribution in [0.4, 0.5) is 0 Å². The first-order valence-corrected chi connectivity index (χ1v) is 8.96. The number of likely N-dealkylation sites (N-methyl/N-ethyl adjacent to an activating group) is 1. The Morgan fingerprint density at radius 3 is 2.57 bits per heavy atom. The van der Waals surface area contributed by atoms with Crippen LogP contribution in [0.3, 0.4) is 0 Å².